The van der Waals surface area contributed by atoms with Gasteiger partial charge in [0, 0.05) is 20.2 Å². The minimum Gasteiger partial charge on any atom is -0.380 e. The second-order valence-corrected chi connectivity index (χ2v) is 2.22. The molecule has 47 valence electrons. The van der Waals surface area contributed by atoms with E-state index in [1.54, 1.807) is 7.11 Å². The van der Waals surface area contributed by atoms with Gasteiger partial charge in [-0.3, -0.25) is 4.90 Å². The molecule has 1 fully saturated rings. The van der Waals surface area contributed by atoms with Gasteiger partial charge in [-0.25, -0.2) is 0 Å². The van der Waals surface area contributed by atoms with Crippen LogP contribution < -0.4 is 0 Å². The van der Waals surface area contributed by atoms with E-state index >= 15 is 0 Å². The molecular weight excluding hydrogens is 102 g/mol. The van der Waals surface area contributed by atoms with Crippen LogP contribution in [-0.2, 0) is 4.74 Å². The Hall–Kier alpha value is -0.0800. The molecule has 0 amide bonds. The number of likely N-dealkylation sites (tertiary alicyclic amines) is 1. The minimum atomic E-state index is 0.444. The highest BCUT2D eigenvalue weighted by Gasteiger charge is 2.18. The van der Waals surface area contributed by atoms with Crippen LogP contribution in [0.1, 0.15) is 6.42 Å². The molecule has 1 rings (SSSR count). The van der Waals surface area contributed by atoms with Gasteiger partial charge in [0.15, 0.2) is 0 Å². The number of hydrogen-bond acceptors (Lipinski definition) is 2. The third-order valence-corrected chi connectivity index (χ3v) is 1.50. The van der Waals surface area contributed by atoms with Crippen molar-refractivity contribution in [2.45, 2.75) is 12.5 Å². The summed E-state index contributed by atoms with van der Waals surface area (Å²) >= 11 is 0. The first-order chi connectivity index (χ1) is 3.83. The lowest BCUT2D eigenvalue weighted by Gasteiger charge is -2.06. The van der Waals surface area contributed by atoms with E-state index in [-0.39, 0.29) is 0 Å². The van der Waals surface area contributed by atoms with Gasteiger partial charge in [0.25, 0.3) is 0 Å². The van der Waals surface area contributed by atoms with Gasteiger partial charge in [0.1, 0.15) is 0 Å². The van der Waals surface area contributed by atoms with Crippen LogP contribution in [-0.4, -0.2) is 31.7 Å². The van der Waals surface area contributed by atoms with Crippen molar-refractivity contribution in [3.05, 3.63) is 6.54 Å². The van der Waals surface area contributed by atoms with Crippen LogP contribution in [0.5, 0.6) is 0 Å². The normalized spacial score (nSPS) is 31.5. The minimum absolute atomic E-state index is 0.444. The molecule has 1 heterocycles. The zero-order chi connectivity index (χ0) is 5.98. The predicted molar refractivity (Wildman–Crippen MR) is 32.3 cm³/mol. The fourth-order valence-corrected chi connectivity index (χ4v) is 0.939. The number of rotatable bonds is 1. The maximum Gasteiger partial charge on any atom is 0.0713 e. The van der Waals surface area contributed by atoms with Crippen molar-refractivity contribution >= 4 is 0 Å². The van der Waals surface area contributed by atoms with Crippen LogP contribution >= 0.6 is 0 Å². The molecule has 0 aliphatic carbocycles. The first-order valence-electron chi connectivity index (χ1n) is 2.89. The number of ether oxygens (including phenoxy) is 1. The lowest BCUT2D eigenvalue weighted by molar-refractivity contribution is 0.111. The molecule has 0 aromatic heterocycles. The van der Waals surface area contributed by atoms with Gasteiger partial charge in [-0.1, -0.05) is 0 Å². The highest BCUT2D eigenvalue weighted by molar-refractivity contribution is 4.81. The Labute approximate surface area is 50.4 Å². The Kier molecular flexibility index (Phi) is 1.86. The van der Waals surface area contributed by atoms with Crippen molar-refractivity contribution in [3.8, 4) is 0 Å². The molecule has 0 N–H and O–H groups in total. The highest BCUT2D eigenvalue weighted by atomic mass is 16.5. The van der Waals surface area contributed by atoms with Crippen molar-refractivity contribution in [2.24, 2.45) is 0 Å². The summed E-state index contributed by atoms with van der Waals surface area (Å²) in [7, 11) is 3.83. The first-order valence-corrected chi connectivity index (χ1v) is 2.89. The summed E-state index contributed by atoms with van der Waals surface area (Å²) < 4.78 is 5.11. The summed E-state index contributed by atoms with van der Waals surface area (Å²) in [6, 6.07) is 0. The molecule has 1 aliphatic heterocycles. The SMILES string of the molecule is CO[C@@H]1C[CH]N(C)C1. The molecule has 1 radical (unpaired) electrons. The van der Waals surface area contributed by atoms with Gasteiger partial charge >= 0.3 is 0 Å². The third kappa shape index (κ3) is 1.20. The molecule has 0 saturated carbocycles. The zero-order valence-electron chi connectivity index (χ0n) is 5.42. The molecular formula is C6H12NO. The topological polar surface area (TPSA) is 12.5 Å². The van der Waals surface area contributed by atoms with Crippen LogP contribution in [0, 0.1) is 6.54 Å². The molecule has 0 aromatic carbocycles. The van der Waals surface area contributed by atoms with Gasteiger partial charge < -0.3 is 4.74 Å². The number of hydrogen-bond donors (Lipinski definition) is 0. The van der Waals surface area contributed by atoms with Crippen molar-refractivity contribution in [1.82, 2.24) is 4.90 Å². The van der Waals surface area contributed by atoms with E-state index < -0.39 is 0 Å². The van der Waals surface area contributed by atoms with Crippen molar-refractivity contribution in [1.29, 1.82) is 0 Å². The van der Waals surface area contributed by atoms with Gasteiger partial charge in [0.2, 0.25) is 0 Å². The Morgan fingerprint density at radius 3 is 2.75 bits per heavy atom. The van der Waals surface area contributed by atoms with Gasteiger partial charge in [-0.15, -0.1) is 0 Å². The molecule has 0 unspecified atom stereocenters. The fourth-order valence-electron chi connectivity index (χ4n) is 0.939. The van der Waals surface area contributed by atoms with Crippen LogP contribution in [0.2, 0.25) is 0 Å². The quantitative estimate of drug-likeness (QED) is 0.492. The zero-order valence-corrected chi connectivity index (χ0v) is 5.42. The van der Waals surface area contributed by atoms with Gasteiger partial charge in [0.05, 0.1) is 6.10 Å². The number of methoxy groups -OCH3 is 1. The molecule has 2 nitrogen and oxygen atoms in total. The Morgan fingerprint density at radius 2 is 2.50 bits per heavy atom. The Balaban J connectivity index is 2.22. The van der Waals surface area contributed by atoms with Crippen LogP contribution in [0.4, 0.5) is 0 Å². The average molecular weight is 114 g/mol. The van der Waals surface area contributed by atoms with Crippen molar-refractivity contribution in [3.63, 3.8) is 0 Å². The predicted octanol–water partition coefficient (Wildman–Crippen LogP) is 0.499. The summed E-state index contributed by atoms with van der Waals surface area (Å²) in [5, 5.41) is 0. The number of likely N-dealkylation sites (N-methyl/N-ethyl adjacent to an activating group) is 1. The fraction of sp³-hybridized carbons (Fsp3) is 0.833. The maximum absolute atomic E-state index is 5.11. The Bertz CT molecular complexity index is 74.9. The first kappa shape index (κ1) is 6.05. The lowest BCUT2D eigenvalue weighted by Crippen LogP contribution is -2.16. The van der Waals surface area contributed by atoms with E-state index in [2.05, 4.69) is 18.5 Å². The molecule has 0 aromatic rings. The third-order valence-electron chi connectivity index (χ3n) is 1.50. The van der Waals surface area contributed by atoms with Crippen LogP contribution in [0.25, 0.3) is 0 Å². The summed E-state index contributed by atoms with van der Waals surface area (Å²) in [5.74, 6) is 0. The second-order valence-electron chi connectivity index (χ2n) is 2.22. The average Bonchev–Trinajstić information content (AvgIpc) is 2.14. The summed E-state index contributed by atoms with van der Waals surface area (Å²) in [5.41, 5.74) is 0. The van der Waals surface area contributed by atoms with E-state index in [0.29, 0.717) is 6.10 Å². The molecule has 1 atom stereocenters. The molecule has 1 saturated heterocycles. The lowest BCUT2D eigenvalue weighted by atomic mass is 10.3. The molecule has 0 bridgehead atoms. The monoisotopic (exact) mass is 114 g/mol. The Morgan fingerprint density at radius 1 is 1.75 bits per heavy atom. The van der Waals surface area contributed by atoms with Crippen molar-refractivity contribution < 1.29 is 4.74 Å². The molecule has 0 spiro atoms. The summed E-state index contributed by atoms with van der Waals surface area (Å²) in [6.07, 6.45) is 1.52. The number of nitrogens with zero attached hydrogens (tertiary/aromatic N) is 1. The standard InChI is InChI=1S/C6H12NO/c1-7-4-3-6(5-7)8-2/h4,6H,3,5H2,1-2H3/t6-/m1/s1. The van der Waals surface area contributed by atoms with Gasteiger partial charge in [-0.05, 0) is 13.5 Å². The van der Waals surface area contributed by atoms with E-state index in [1.165, 1.54) is 0 Å². The van der Waals surface area contributed by atoms with E-state index in [9.17, 15) is 0 Å². The largest absolute Gasteiger partial charge is 0.380 e. The summed E-state index contributed by atoms with van der Waals surface area (Å²) in [6.45, 7) is 3.21. The summed E-state index contributed by atoms with van der Waals surface area (Å²) in [4.78, 5) is 2.16. The smallest absolute Gasteiger partial charge is 0.0713 e. The van der Waals surface area contributed by atoms with E-state index in [1.807, 2.05) is 0 Å². The van der Waals surface area contributed by atoms with Crippen LogP contribution in [0.15, 0.2) is 0 Å². The molecule has 1 aliphatic rings. The van der Waals surface area contributed by atoms with Gasteiger partial charge in [-0.2, -0.15) is 0 Å². The van der Waals surface area contributed by atoms with E-state index in [0.717, 1.165) is 13.0 Å². The van der Waals surface area contributed by atoms with Crippen LogP contribution in [0.3, 0.4) is 0 Å². The maximum atomic E-state index is 5.11. The molecule has 2 heteroatoms. The second kappa shape index (κ2) is 2.46. The van der Waals surface area contributed by atoms with E-state index in [4.69, 9.17) is 4.74 Å². The van der Waals surface area contributed by atoms with Crippen molar-refractivity contribution in [2.75, 3.05) is 20.7 Å². The molecule has 8 heavy (non-hydrogen) atoms. The highest BCUT2D eigenvalue weighted by Crippen LogP contribution is 2.12.